The second-order valence-electron chi connectivity index (χ2n) is 5.09. The second kappa shape index (κ2) is 6.01. The Hall–Kier alpha value is -0.0900. The highest BCUT2D eigenvalue weighted by atomic mass is 79.9. The minimum atomic E-state index is 0.243. The van der Waals surface area contributed by atoms with Gasteiger partial charge in [0.1, 0.15) is 0 Å². The van der Waals surface area contributed by atoms with E-state index in [9.17, 15) is 4.79 Å². The molecule has 16 heavy (non-hydrogen) atoms. The number of carbonyl (C=O) groups is 1. The van der Waals surface area contributed by atoms with Crippen molar-refractivity contribution in [2.24, 2.45) is 5.92 Å². The van der Waals surface area contributed by atoms with E-state index in [0.29, 0.717) is 18.5 Å². The van der Waals surface area contributed by atoms with Crippen molar-refractivity contribution in [1.29, 1.82) is 0 Å². The maximum Gasteiger partial charge on any atom is 0.220 e. The van der Waals surface area contributed by atoms with E-state index in [1.807, 2.05) is 0 Å². The second-order valence-corrected chi connectivity index (χ2v) is 5.88. The molecule has 3 atom stereocenters. The number of amides is 1. The Morgan fingerprint density at radius 1 is 1.31 bits per heavy atom. The molecule has 0 spiro atoms. The first-order valence-corrected chi connectivity index (χ1v) is 7.49. The molecule has 3 unspecified atom stereocenters. The van der Waals surface area contributed by atoms with Crippen LogP contribution in [0.1, 0.15) is 38.5 Å². The van der Waals surface area contributed by atoms with Crippen molar-refractivity contribution in [3.05, 3.63) is 0 Å². The van der Waals surface area contributed by atoms with Crippen LogP contribution in [0.25, 0.3) is 0 Å². The summed E-state index contributed by atoms with van der Waals surface area (Å²) in [6.07, 6.45) is 6.38. The molecule has 1 aliphatic heterocycles. The maximum atomic E-state index is 11.7. The lowest BCUT2D eigenvalue weighted by molar-refractivity contribution is -0.122. The van der Waals surface area contributed by atoms with Gasteiger partial charge >= 0.3 is 0 Å². The summed E-state index contributed by atoms with van der Waals surface area (Å²) in [5.74, 6) is 1.04. The van der Waals surface area contributed by atoms with Gasteiger partial charge in [0.25, 0.3) is 0 Å². The van der Waals surface area contributed by atoms with Crippen molar-refractivity contribution in [3.63, 3.8) is 0 Å². The summed E-state index contributed by atoms with van der Waals surface area (Å²) in [5, 5.41) is 7.70. The van der Waals surface area contributed by atoms with E-state index < -0.39 is 0 Å². The minimum absolute atomic E-state index is 0.243. The molecular weight excluding hydrogens is 268 g/mol. The zero-order valence-electron chi connectivity index (χ0n) is 9.68. The van der Waals surface area contributed by atoms with Crippen molar-refractivity contribution in [3.8, 4) is 0 Å². The number of halogens is 1. The van der Waals surface area contributed by atoms with E-state index in [0.717, 1.165) is 37.1 Å². The summed E-state index contributed by atoms with van der Waals surface area (Å²) in [6.45, 7) is 1.15. The first-order valence-electron chi connectivity index (χ1n) is 6.36. The molecule has 1 heterocycles. The lowest BCUT2D eigenvalue weighted by Gasteiger charge is -2.27. The molecule has 0 aromatic carbocycles. The van der Waals surface area contributed by atoms with Gasteiger partial charge in [0.2, 0.25) is 5.91 Å². The highest BCUT2D eigenvalue weighted by Gasteiger charge is 2.34. The van der Waals surface area contributed by atoms with Crippen LogP contribution < -0.4 is 10.6 Å². The van der Waals surface area contributed by atoms with Gasteiger partial charge in [0, 0.05) is 23.8 Å². The molecule has 1 aliphatic carbocycles. The van der Waals surface area contributed by atoms with Crippen molar-refractivity contribution in [2.75, 3.05) is 11.9 Å². The summed E-state index contributed by atoms with van der Waals surface area (Å²) < 4.78 is 0. The summed E-state index contributed by atoms with van der Waals surface area (Å²) in [5.41, 5.74) is 0. The highest BCUT2D eigenvalue weighted by molar-refractivity contribution is 9.09. The Labute approximate surface area is 106 Å². The Morgan fingerprint density at radius 2 is 2.19 bits per heavy atom. The molecule has 1 amide bonds. The molecule has 4 heteroatoms. The summed E-state index contributed by atoms with van der Waals surface area (Å²) >= 11 is 3.38. The SMILES string of the molecule is O=C(CCCCBr)NC1CC2CNC(C2)C1. The standard InChI is InChI=1S/C12H21BrN2O/c13-4-2-1-3-12(16)15-11-6-9-5-10(7-11)14-8-9/h9-11,14H,1-8H2,(H,15,16). The molecule has 2 aliphatic rings. The quantitative estimate of drug-likeness (QED) is 0.598. The molecule has 2 N–H and O–H groups in total. The van der Waals surface area contributed by atoms with Gasteiger partial charge in [-0.05, 0) is 44.6 Å². The Morgan fingerprint density at radius 3 is 2.94 bits per heavy atom. The lowest BCUT2D eigenvalue weighted by Crippen LogP contribution is -2.41. The number of hydrogen-bond acceptors (Lipinski definition) is 2. The summed E-state index contributed by atoms with van der Waals surface area (Å²) in [6, 6.07) is 1.09. The fourth-order valence-corrected chi connectivity index (χ4v) is 3.30. The molecular formula is C12H21BrN2O. The van der Waals surface area contributed by atoms with E-state index in [-0.39, 0.29) is 5.91 Å². The van der Waals surface area contributed by atoms with Crippen molar-refractivity contribution in [1.82, 2.24) is 10.6 Å². The molecule has 1 saturated heterocycles. The van der Waals surface area contributed by atoms with Crippen LogP contribution in [0.5, 0.6) is 0 Å². The number of alkyl halides is 1. The average Bonchev–Trinajstić information content (AvgIpc) is 2.58. The number of unbranched alkanes of at least 4 members (excludes halogenated alkanes) is 1. The minimum Gasteiger partial charge on any atom is -0.353 e. The smallest absolute Gasteiger partial charge is 0.220 e. The Bertz CT molecular complexity index is 235. The van der Waals surface area contributed by atoms with Crippen LogP contribution in [0, 0.1) is 5.92 Å². The van der Waals surface area contributed by atoms with Gasteiger partial charge in [-0.1, -0.05) is 15.9 Å². The molecule has 0 aromatic rings. The van der Waals surface area contributed by atoms with Gasteiger partial charge in [0.05, 0.1) is 0 Å². The maximum absolute atomic E-state index is 11.7. The third kappa shape index (κ3) is 3.45. The molecule has 3 nitrogen and oxygen atoms in total. The fourth-order valence-electron chi connectivity index (χ4n) is 2.90. The van der Waals surface area contributed by atoms with Gasteiger partial charge in [-0.15, -0.1) is 0 Å². The van der Waals surface area contributed by atoms with Gasteiger partial charge < -0.3 is 10.6 Å². The van der Waals surface area contributed by atoms with Crippen molar-refractivity contribution in [2.45, 2.75) is 50.6 Å². The van der Waals surface area contributed by atoms with Crippen LogP contribution in [0.4, 0.5) is 0 Å². The topological polar surface area (TPSA) is 41.1 Å². The normalized spacial score (nSPS) is 32.7. The van der Waals surface area contributed by atoms with Gasteiger partial charge in [-0.3, -0.25) is 4.79 Å². The molecule has 2 fully saturated rings. The van der Waals surface area contributed by atoms with E-state index in [1.165, 1.54) is 12.8 Å². The first-order chi connectivity index (χ1) is 7.78. The summed E-state index contributed by atoms with van der Waals surface area (Å²) in [7, 11) is 0. The van der Waals surface area contributed by atoms with Crippen LogP contribution in [-0.4, -0.2) is 29.9 Å². The van der Waals surface area contributed by atoms with Crippen molar-refractivity contribution < 1.29 is 4.79 Å². The largest absolute Gasteiger partial charge is 0.353 e. The zero-order valence-corrected chi connectivity index (χ0v) is 11.3. The average molecular weight is 289 g/mol. The number of nitrogens with one attached hydrogen (secondary N) is 2. The number of rotatable bonds is 5. The Kier molecular flexibility index (Phi) is 4.65. The molecule has 2 bridgehead atoms. The first kappa shape index (κ1) is 12.4. The number of fused-ring (bicyclic) bond motifs is 2. The van der Waals surface area contributed by atoms with E-state index in [4.69, 9.17) is 0 Å². The molecule has 0 radical (unpaired) electrons. The number of carbonyl (C=O) groups excluding carboxylic acids is 1. The Balaban J connectivity index is 1.67. The summed E-state index contributed by atoms with van der Waals surface area (Å²) in [4.78, 5) is 11.7. The van der Waals surface area contributed by atoms with Crippen LogP contribution in [0.3, 0.4) is 0 Å². The van der Waals surface area contributed by atoms with Gasteiger partial charge in [-0.2, -0.15) is 0 Å². The third-order valence-electron chi connectivity index (χ3n) is 3.65. The predicted molar refractivity (Wildman–Crippen MR) is 68.7 cm³/mol. The van der Waals surface area contributed by atoms with Crippen LogP contribution in [0.15, 0.2) is 0 Å². The molecule has 0 aromatic heterocycles. The van der Waals surface area contributed by atoms with Crippen LogP contribution in [-0.2, 0) is 4.79 Å². The van der Waals surface area contributed by atoms with Gasteiger partial charge in [0.15, 0.2) is 0 Å². The lowest BCUT2D eigenvalue weighted by atomic mass is 9.86. The van der Waals surface area contributed by atoms with Gasteiger partial charge in [-0.25, -0.2) is 0 Å². The monoisotopic (exact) mass is 288 g/mol. The zero-order chi connectivity index (χ0) is 11.4. The van der Waals surface area contributed by atoms with E-state index in [1.54, 1.807) is 0 Å². The fraction of sp³-hybridized carbons (Fsp3) is 0.917. The van der Waals surface area contributed by atoms with Crippen molar-refractivity contribution >= 4 is 21.8 Å². The van der Waals surface area contributed by atoms with E-state index in [2.05, 4.69) is 26.6 Å². The predicted octanol–water partition coefficient (Wildman–Crippen LogP) is 1.81. The number of hydrogen-bond donors (Lipinski definition) is 2. The molecule has 92 valence electrons. The third-order valence-corrected chi connectivity index (χ3v) is 4.21. The van der Waals surface area contributed by atoms with Crippen LogP contribution >= 0.6 is 15.9 Å². The molecule has 1 saturated carbocycles. The highest BCUT2D eigenvalue weighted by Crippen LogP contribution is 2.29. The molecule has 2 rings (SSSR count). The van der Waals surface area contributed by atoms with E-state index >= 15 is 0 Å². The van der Waals surface area contributed by atoms with Crippen LogP contribution in [0.2, 0.25) is 0 Å².